The van der Waals surface area contributed by atoms with Gasteiger partial charge in [0.15, 0.2) is 0 Å². The van der Waals surface area contributed by atoms with E-state index in [0.717, 1.165) is 22.4 Å². The number of rotatable bonds is 6. The maximum absolute atomic E-state index is 12.6. The van der Waals surface area contributed by atoms with E-state index < -0.39 is 16.1 Å². The van der Waals surface area contributed by atoms with Gasteiger partial charge in [-0.05, 0) is 44.2 Å². The number of benzene rings is 2. The fourth-order valence-electron chi connectivity index (χ4n) is 2.50. The molecule has 1 heterocycles. The van der Waals surface area contributed by atoms with Crippen molar-refractivity contribution in [3.8, 4) is 5.75 Å². The summed E-state index contributed by atoms with van der Waals surface area (Å²) in [5.41, 5.74) is 1.85. The normalized spacial score (nSPS) is 13.0. The minimum atomic E-state index is -3.70. The van der Waals surface area contributed by atoms with Crippen molar-refractivity contribution in [2.45, 2.75) is 24.8 Å². The summed E-state index contributed by atoms with van der Waals surface area (Å²) in [4.78, 5) is 11.7. The van der Waals surface area contributed by atoms with Crippen LogP contribution in [0.4, 0.5) is 0 Å². The topological polar surface area (TPSA) is 77.4 Å². The van der Waals surface area contributed by atoms with Crippen LogP contribution in [0.3, 0.4) is 0 Å². The highest BCUT2D eigenvalue weighted by molar-refractivity contribution is 7.89. The fourth-order valence-corrected chi connectivity index (χ4v) is 4.75. The van der Waals surface area contributed by atoms with Gasteiger partial charge in [0.1, 0.15) is 12.4 Å². The maximum Gasteiger partial charge on any atom is 0.307 e. The number of sulfonamides is 1. The van der Waals surface area contributed by atoms with Crippen molar-refractivity contribution in [1.29, 1.82) is 0 Å². The number of thiazole rings is 1. The molecule has 0 bridgehead atoms. The number of nitrogens with zero attached hydrogens (tertiary/aromatic N) is 1. The van der Waals surface area contributed by atoms with E-state index in [2.05, 4.69) is 4.72 Å². The summed E-state index contributed by atoms with van der Waals surface area (Å²) in [7, 11) is -2.04. The Bertz CT molecular complexity index is 1080. The average Bonchev–Trinajstić information content (AvgIpc) is 2.88. The molecule has 6 nitrogen and oxygen atoms in total. The Balaban J connectivity index is 1.71. The van der Waals surface area contributed by atoms with Gasteiger partial charge in [-0.15, -0.1) is 0 Å². The Morgan fingerprint density at radius 1 is 1.19 bits per heavy atom. The molecule has 3 rings (SSSR count). The highest BCUT2D eigenvalue weighted by Crippen LogP contribution is 2.21. The van der Waals surface area contributed by atoms with E-state index in [1.54, 1.807) is 20.0 Å². The van der Waals surface area contributed by atoms with Gasteiger partial charge in [0.05, 0.1) is 21.2 Å². The molecule has 0 aliphatic heterocycles. The second-order valence-corrected chi connectivity index (χ2v) is 8.91. The predicted molar refractivity (Wildman–Crippen MR) is 104 cm³/mol. The molecule has 1 aromatic heterocycles. The Hall–Kier alpha value is -2.16. The molecule has 8 heteroatoms. The van der Waals surface area contributed by atoms with Crippen LogP contribution < -0.4 is 14.3 Å². The van der Waals surface area contributed by atoms with Crippen LogP contribution in [-0.2, 0) is 17.1 Å². The van der Waals surface area contributed by atoms with Crippen molar-refractivity contribution in [1.82, 2.24) is 9.29 Å². The lowest BCUT2D eigenvalue weighted by atomic mass is 10.2. The summed E-state index contributed by atoms with van der Waals surface area (Å²) in [6, 6.07) is 11.8. The summed E-state index contributed by atoms with van der Waals surface area (Å²) in [5.74, 6) is 0.692. The molecule has 2 aromatic carbocycles. The van der Waals surface area contributed by atoms with Gasteiger partial charge in [0.25, 0.3) is 0 Å². The maximum atomic E-state index is 12.6. The molecule has 0 spiro atoms. The highest BCUT2D eigenvalue weighted by Gasteiger charge is 2.19. The van der Waals surface area contributed by atoms with E-state index >= 15 is 0 Å². The molecule has 26 heavy (non-hydrogen) atoms. The van der Waals surface area contributed by atoms with E-state index in [1.807, 2.05) is 31.2 Å². The zero-order valence-electron chi connectivity index (χ0n) is 14.7. The quantitative estimate of drug-likeness (QED) is 0.700. The second kappa shape index (κ2) is 7.22. The van der Waals surface area contributed by atoms with E-state index in [-0.39, 0.29) is 16.4 Å². The number of ether oxygens (including phenoxy) is 1. The van der Waals surface area contributed by atoms with Gasteiger partial charge >= 0.3 is 4.87 Å². The third-order valence-corrected chi connectivity index (χ3v) is 6.53. The molecule has 3 aromatic rings. The smallest absolute Gasteiger partial charge is 0.307 e. The third-order valence-electron chi connectivity index (χ3n) is 3.95. The molecule has 0 saturated heterocycles. The molecule has 0 aliphatic rings. The lowest BCUT2D eigenvalue weighted by Gasteiger charge is -2.15. The zero-order chi connectivity index (χ0) is 18.9. The van der Waals surface area contributed by atoms with Crippen LogP contribution in [0.25, 0.3) is 10.2 Å². The van der Waals surface area contributed by atoms with Crippen molar-refractivity contribution in [3.05, 3.63) is 57.7 Å². The van der Waals surface area contributed by atoms with Crippen LogP contribution >= 0.6 is 11.3 Å². The van der Waals surface area contributed by atoms with Crippen molar-refractivity contribution in [2.24, 2.45) is 7.05 Å². The Morgan fingerprint density at radius 3 is 2.58 bits per heavy atom. The van der Waals surface area contributed by atoms with Crippen LogP contribution in [0.1, 0.15) is 12.5 Å². The van der Waals surface area contributed by atoms with Gasteiger partial charge in [-0.25, -0.2) is 13.1 Å². The van der Waals surface area contributed by atoms with Gasteiger partial charge in [0, 0.05) is 7.05 Å². The summed E-state index contributed by atoms with van der Waals surface area (Å²) in [5, 5.41) is 0. The molecule has 0 saturated carbocycles. The van der Waals surface area contributed by atoms with E-state index in [1.165, 1.54) is 16.7 Å². The third kappa shape index (κ3) is 3.98. The minimum absolute atomic E-state index is 0.123. The van der Waals surface area contributed by atoms with Crippen LogP contribution in [0.15, 0.2) is 52.2 Å². The minimum Gasteiger partial charge on any atom is -0.492 e. The largest absolute Gasteiger partial charge is 0.492 e. The van der Waals surface area contributed by atoms with E-state index in [9.17, 15) is 13.2 Å². The van der Waals surface area contributed by atoms with Crippen molar-refractivity contribution >= 4 is 31.6 Å². The van der Waals surface area contributed by atoms with Gasteiger partial charge < -0.3 is 9.30 Å². The molecule has 0 unspecified atom stereocenters. The first-order valence-corrected chi connectivity index (χ1v) is 10.4. The number of aryl methyl sites for hydroxylation is 2. The summed E-state index contributed by atoms with van der Waals surface area (Å²) < 4.78 is 35.5. The average molecular weight is 393 g/mol. The number of hydrogen-bond donors (Lipinski definition) is 1. The fraction of sp³-hybridized carbons (Fsp3) is 0.278. The van der Waals surface area contributed by atoms with E-state index in [4.69, 9.17) is 4.74 Å². The van der Waals surface area contributed by atoms with Gasteiger partial charge in [-0.2, -0.15) is 0 Å². The first-order chi connectivity index (χ1) is 12.3. The standard InChI is InChI=1S/C18H20N2O4S2/c1-12-4-6-14(7-5-12)24-11-13(2)19-26(22,23)15-8-9-16-17(10-15)25-18(21)20(16)3/h4-10,13,19H,11H2,1-3H3/t13-/m0/s1. The molecular weight excluding hydrogens is 372 g/mol. The number of nitrogens with one attached hydrogen (secondary N) is 1. The molecule has 138 valence electrons. The monoisotopic (exact) mass is 392 g/mol. The summed E-state index contributed by atoms with van der Waals surface area (Å²) >= 11 is 1.03. The Labute approximate surface area is 156 Å². The van der Waals surface area contributed by atoms with Crippen LogP contribution in [0.5, 0.6) is 5.75 Å². The van der Waals surface area contributed by atoms with Crippen molar-refractivity contribution in [3.63, 3.8) is 0 Å². The molecule has 0 radical (unpaired) electrons. The highest BCUT2D eigenvalue weighted by atomic mass is 32.2. The van der Waals surface area contributed by atoms with E-state index in [0.29, 0.717) is 10.4 Å². The number of fused-ring (bicyclic) bond motifs is 1. The molecule has 0 aliphatic carbocycles. The zero-order valence-corrected chi connectivity index (χ0v) is 16.4. The first kappa shape index (κ1) is 18.6. The number of hydrogen-bond acceptors (Lipinski definition) is 5. The van der Waals surface area contributed by atoms with Gasteiger partial charge in [-0.3, -0.25) is 4.79 Å². The Kier molecular flexibility index (Phi) is 5.17. The molecule has 1 N–H and O–H groups in total. The molecule has 0 fully saturated rings. The molecule has 0 amide bonds. The molecule has 1 atom stereocenters. The first-order valence-electron chi connectivity index (χ1n) is 8.07. The van der Waals surface area contributed by atoms with Crippen molar-refractivity contribution < 1.29 is 13.2 Å². The van der Waals surface area contributed by atoms with Crippen LogP contribution in [-0.4, -0.2) is 25.6 Å². The summed E-state index contributed by atoms with van der Waals surface area (Å²) in [6.45, 7) is 3.94. The van der Waals surface area contributed by atoms with Crippen molar-refractivity contribution in [2.75, 3.05) is 6.61 Å². The second-order valence-electron chi connectivity index (χ2n) is 6.20. The predicted octanol–water partition coefficient (Wildman–Crippen LogP) is 2.65. The van der Waals surface area contributed by atoms with Crippen LogP contribution in [0.2, 0.25) is 0 Å². The summed E-state index contributed by atoms with van der Waals surface area (Å²) in [6.07, 6.45) is 0. The Morgan fingerprint density at radius 2 is 1.88 bits per heavy atom. The van der Waals surface area contributed by atoms with Gasteiger partial charge in [0.2, 0.25) is 10.0 Å². The SMILES string of the molecule is Cc1ccc(OC[C@H](C)NS(=O)(=O)c2ccc3c(c2)sc(=O)n3C)cc1. The van der Waals surface area contributed by atoms with Crippen LogP contribution in [0, 0.1) is 6.92 Å². The number of aromatic nitrogens is 1. The molecular formula is C18H20N2O4S2. The lowest BCUT2D eigenvalue weighted by molar-refractivity contribution is 0.287. The lowest BCUT2D eigenvalue weighted by Crippen LogP contribution is -2.36. The van der Waals surface area contributed by atoms with Gasteiger partial charge in [-0.1, -0.05) is 29.0 Å².